The Morgan fingerprint density at radius 1 is 0.789 bits per heavy atom. The molecule has 3 aromatic rings. The van der Waals surface area contributed by atoms with Crippen LogP contribution in [0.2, 0.25) is 0 Å². The van der Waals surface area contributed by atoms with Gasteiger partial charge in [-0.15, -0.1) is 0 Å². The SMILES string of the molecule is CC(C)(C)n1c(-c2ccccc2)cc2ccccc21. The van der Waals surface area contributed by atoms with Gasteiger partial charge in [0, 0.05) is 22.1 Å². The Morgan fingerprint density at radius 2 is 1.42 bits per heavy atom. The lowest BCUT2D eigenvalue weighted by Crippen LogP contribution is -2.22. The van der Waals surface area contributed by atoms with E-state index in [1.807, 2.05) is 0 Å². The molecule has 0 aliphatic carbocycles. The quantitative estimate of drug-likeness (QED) is 0.568. The van der Waals surface area contributed by atoms with Gasteiger partial charge in [0.1, 0.15) is 0 Å². The van der Waals surface area contributed by atoms with Crippen molar-refractivity contribution in [3.05, 3.63) is 60.7 Å². The van der Waals surface area contributed by atoms with E-state index in [-0.39, 0.29) is 5.54 Å². The molecule has 0 saturated carbocycles. The molecule has 1 nitrogen and oxygen atoms in total. The van der Waals surface area contributed by atoms with Gasteiger partial charge in [-0.2, -0.15) is 0 Å². The molecule has 0 aliphatic rings. The molecule has 0 atom stereocenters. The van der Waals surface area contributed by atoms with E-state index in [0.717, 1.165) is 0 Å². The lowest BCUT2D eigenvalue weighted by Gasteiger charge is -2.26. The van der Waals surface area contributed by atoms with Crippen molar-refractivity contribution in [3.63, 3.8) is 0 Å². The maximum atomic E-state index is 2.43. The molecule has 1 aromatic heterocycles. The Bertz CT molecular complexity index is 699. The Labute approximate surface area is 114 Å². The van der Waals surface area contributed by atoms with Crippen LogP contribution in [0, 0.1) is 0 Å². The minimum absolute atomic E-state index is 0.0638. The summed E-state index contributed by atoms with van der Waals surface area (Å²) in [5.41, 5.74) is 3.92. The van der Waals surface area contributed by atoms with Crippen LogP contribution in [0.15, 0.2) is 60.7 Å². The average Bonchev–Trinajstić information content (AvgIpc) is 2.79. The summed E-state index contributed by atoms with van der Waals surface area (Å²) >= 11 is 0. The first-order chi connectivity index (χ1) is 9.07. The number of rotatable bonds is 1. The first kappa shape index (κ1) is 12.0. The topological polar surface area (TPSA) is 4.93 Å². The van der Waals surface area contributed by atoms with Crippen molar-refractivity contribution in [3.8, 4) is 11.3 Å². The highest BCUT2D eigenvalue weighted by atomic mass is 15.1. The maximum Gasteiger partial charge on any atom is 0.0496 e. The van der Waals surface area contributed by atoms with Crippen molar-refractivity contribution in [2.24, 2.45) is 0 Å². The van der Waals surface area contributed by atoms with E-state index >= 15 is 0 Å². The van der Waals surface area contributed by atoms with Gasteiger partial charge in [-0.25, -0.2) is 0 Å². The predicted octanol–water partition coefficient (Wildman–Crippen LogP) is 5.06. The lowest BCUT2D eigenvalue weighted by molar-refractivity contribution is 0.415. The Kier molecular flexibility index (Phi) is 2.70. The Balaban J connectivity index is 2.36. The second kappa shape index (κ2) is 4.27. The van der Waals surface area contributed by atoms with Crippen LogP contribution in [0.4, 0.5) is 0 Å². The highest BCUT2D eigenvalue weighted by Gasteiger charge is 2.20. The molecule has 1 heteroatoms. The third-order valence-electron chi connectivity index (χ3n) is 3.45. The number of fused-ring (bicyclic) bond motifs is 1. The fraction of sp³-hybridized carbons (Fsp3) is 0.222. The van der Waals surface area contributed by atoms with E-state index < -0.39 is 0 Å². The first-order valence-corrected chi connectivity index (χ1v) is 6.74. The van der Waals surface area contributed by atoms with Crippen molar-refractivity contribution >= 4 is 10.9 Å². The summed E-state index contributed by atoms with van der Waals surface area (Å²) in [5, 5.41) is 1.30. The summed E-state index contributed by atoms with van der Waals surface area (Å²) in [6.45, 7) is 6.77. The van der Waals surface area contributed by atoms with Crippen molar-refractivity contribution in [1.82, 2.24) is 4.57 Å². The molecule has 0 saturated heterocycles. The molecule has 0 unspecified atom stereocenters. The minimum Gasteiger partial charge on any atom is -0.335 e. The van der Waals surface area contributed by atoms with Crippen LogP contribution in [0.3, 0.4) is 0 Å². The van der Waals surface area contributed by atoms with Crippen molar-refractivity contribution < 1.29 is 0 Å². The Morgan fingerprint density at radius 3 is 2.11 bits per heavy atom. The standard InChI is InChI=1S/C18H19N/c1-18(2,3)19-16-12-8-7-11-15(16)13-17(19)14-9-5-4-6-10-14/h4-13H,1-3H3. The molecule has 0 radical (unpaired) electrons. The zero-order valence-corrected chi connectivity index (χ0v) is 11.7. The Hall–Kier alpha value is -2.02. The van der Waals surface area contributed by atoms with Gasteiger partial charge in [-0.05, 0) is 38.5 Å². The van der Waals surface area contributed by atoms with Crippen LogP contribution in [0.5, 0.6) is 0 Å². The highest BCUT2D eigenvalue weighted by molar-refractivity contribution is 5.87. The second-order valence-corrected chi connectivity index (χ2v) is 5.96. The van der Waals surface area contributed by atoms with Gasteiger partial charge in [0.2, 0.25) is 0 Å². The van der Waals surface area contributed by atoms with Crippen LogP contribution in [-0.4, -0.2) is 4.57 Å². The molecule has 0 amide bonds. The fourth-order valence-corrected chi connectivity index (χ4v) is 2.70. The zero-order valence-electron chi connectivity index (χ0n) is 11.7. The summed E-state index contributed by atoms with van der Waals surface area (Å²) in [4.78, 5) is 0. The minimum atomic E-state index is 0.0638. The summed E-state index contributed by atoms with van der Waals surface area (Å²) in [6, 6.07) is 21.5. The van der Waals surface area contributed by atoms with Crippen LogP contribution in [0.1, 0.15) is 20.8 Å². The molecular formula is C18H19N. The van der Waals surface area contributed by atoms with Gasteiger partial charge in [0.15, 0.2) is 0 Å². The summed E-state index contributed by atoms with van der Waals surface area (Å²) in [6.07, 6.45) is 0. The number of aromatic nitrogens is 1. The van der Waals surface area contributed by atoms with Crippen LogP contribution >= 0.6 is 0 Å². The van der Waals surface area contributed by atoms with Gasteiger partial charge in [0.05, 0.1) is 0 Å². The second-order valence-electron chi connectivity index (χ2n) is 5.96. The molecule has 3 rings (SSSR count). The molecule has 0 N–H and O–H groups in total. The van der Waals surface area contributed by atoms with Gasteiger partial charge < -0.3 is 4.57 Å². The van der Waals surface area contributed by atoms with Crippen molar-refractivity contribution in [1.29, 1.82) is 0 Å². The van der Waals surface area contributed by atoms with E-state index in [1.54, 1.807) is 0 Å². The summed E-state index contributed by atoms with van der Waals surface area (Å²) < 4.78 is 2.43. The molecular weight excluding hydrogens is 230 g/mol. The average molecular weight is 249 g/mol. The number of nitrogens with zero attached hydrogens (tertiary/aromatic N) is 1. The molecule has 96 valence electrons. The van der Waals surface area contributed by atoms with E-state index in [2.05, 4.69) is 86.0 Å². The normalized spacial score (nSPS) is 11.9. The smallest absolute Gasteiger partial charge is 0.0496 e. The number of hydrogen-bond donors (Lipinski definition) is 0. The first-order valence-electron chi connectivity index (χ1n) is 6.74. The third kappa shape index (κ3) is 2.06. The largest absolute Gasteiger partial charge is 0.335 e. The van der Waals surface area contributed by atoms with E-state index in [9.17, 15) is 0 Å². The summed E-state index contributed by atoms with van der Waals surface area (Å²) in [7, 11) is 0. The molecule has 0 spiro atoms. The molecule has 1 heterocycles. The molecule has 0 bridgehead atoms. The van der Waals surface area contributed by atoms with Gasteiger partial charge in [-0.1, -0.05) is 48.5 Å². The van der Waals surface area contributed by atoms with E-state index in [4.69, 9.17) is 0 Å². The summed E-state index contributed by atoms with van der Waals surface area (Å²) in [5.74, 6) is 0. The van der Waals surface area contributed by atoms with Gasteiger partial charge in [-0.3, -0.25) is 0 Å². The van der Waals surface area contributed by atoms with Gasteiger partial charge in [0.25, 0.3) is 0 Å². The molecule has 0 fully saturated rings. The van der Waals surface area contributed by atoms with Crippen molar-refractivity contribution in [2.45, 2.75) is 26.3 Å². The van der Waals surface area contributed by atoms with E-state index in [0.29, 0.717) is 0 Å². The van der Waals surface area contributed by atoms with Crippen LogP contribution in [-0.2, 0) is 5.54 Å². The third-order valence-corrected chi connectivity index (χ3v) is 3.45. The van der Waals surface area contributed by atoms with Gasteiger partial charge >= 0.3 is 0 Å². The predicted molar refractivity (Wildman–Crippen MR) is 82.4 cm³/mol. The highest BCUT2D eigenvalue weighted by Crippen LogP contribution is 2.33. The molecule has 19 heavy (non-hydrogen) atoms. The zero-order chi connectivity index (χ0) is 13.5. The maximum absolute atomic E-state index is 2.43. The number of hydrogen-bond acceptors (Lipinski definition) is 0. The van der Waals surface area contributed by atoms with E-state index in [1.165, 1.54) is 22.2 Å². The lowest BCUT2D eigenvalue weighted by atomic mass is 10.1. The van der Waals surface area contributed by atoms with Crippen LogP contribution < -0.4 is 0 Å². The van der Waals surface area contributed by atoms with Crippen molar-refractivity contribution in [2.75, 3.05) is 0 Å². The fourth-order valence-electron chi connectivity index (χ4n) is 2.70. The number of para-hydroxylation sites is 1. The molecule has 2 aromatic carbocycles. The van der Waals surface area contributed by atoms with Crippen LogP contribution in [0.25, 0.3) is 22.2 Å². The molecule has 0 aliphatic heterocycles. The monoisotopic (exact) mass is 249 g/mol. The number of benzene rings is 2.